The van der Waals surface area contributed by atoms with Gasteiger partial charge in [-0.05, 0) is 13.3 Å². The number of halogens is 3. The highest BCUT2D eigenvalue weighted by Crippen LogP contribution is 2.14. The van der Waals surface area contributed by atoms with Crippen molar-refractivity contribution in [2.45, 2.75) is 58.2 Å². The van der Waals surface area contributed by atoms with Gasteiger partial charge in [-0.3, -0.25) is 4.84 Å². The predicted octanol–water partition coefficient (Wildman–Crippen LogP) is 3.43. The van der Waals surface area contributed by atoms with Crippen molar-refractivity contribution in [3.05, 3.63) is 0 Å². The van der Waals surface area contributed by atoms with E-state index in [4.69, 9.17) is 0 Å². The number of hydrogen-bond donors (Lipinski definition) is 1. The number of alkyl halides is 3. The minimum atomic E-state index is -4.26. The summed E-state index contributed by atoms with van der Waals surface area (Å²) in [5, 5.41) is 0. The molecule has 1 unspecified atom stereocenters. The van der Waals surface area contributed by atoms with Crippen molar-refractivity contribution in [3.63, 3.8) is 0 Å². The average molecular weight is 227 g/mol. The highest BCUT2D eigenvalue weighted by atomic mass is 19.4. The maximum atomic E-state index is 11.7. The van der Waals surface area contributed by atoms with E-state index < -0.39 is 12.8 Å². The van der Waals surface area contributed by atoms with E-state index in [9.17, 15) is 13.2 Å². The van der Waals surface area contributed by atoms with Crippen LogP contribution in [0, 0.1) is 0 Å². The Morgan fingerprint density at radius 3 is 2.40 bits per heavy atom. The molecule has 0 heterocycles. The fourth-order valence-electron chi connectivity index (χ4n) is 1.20. The van der Waals surface area contributed by atoms with Crippen LogP contribution in [-0.2, 0) is 4.84 Å². The van der Waals surface area contributed by atoms with Crippen LogP contribution in [0.15, 0.2) is 0 Å². The Kier molecular flexibility index (Phi) is 7.78. The van der Waals surface area contributed by atoms with Gasteiger partial charge < -0.3 is 0 Å². The highest BCUT2D eigenvalue weighted by Gasteiger charge is 2.27. The summed E-state index contributed by atoms with van der Waals surface area (Å²) in [6.45, 7) is 2.71. The molecule has 2 nitrogen and oxygen atoms in total. The first-order valence-corrected chi connectivity index (χ1v) is 5.39. The van der Waals surface area contributed by atoms with Gasteiger partial charge >= 0.3 is 6.18 Å². The zero-order valence-electron chi connectivity index (χ0n) is 9.36. The normalized spacial score (nSPS) is 14.2. The van der Waals surface area contributed by atoms with Gasteiger partial charge in [-0.1, -0.05) is 32.6 Å². The summed E-state index contributed by atoms with van der Waals surface area (Å²) >= 11 is 0. The Morgan fingerprint density at radius 1 is 1.20 bits per heavy atom. The van der Waals surface area contributed by atoms with E-state index in [0.29, 0.717) is 0 Å². The van der Waals surface area contributed by atoms with E-state index in [2.05, 4.69) is 17.2 Å². The quantitative estimate of drug-likeness (QED) is 0.506. The third kappa shape index (κ3) is 11.6. The Balaban J connectivity index is 3.29. The number of nitrogens with one attached hydrogen (secondary N) is 1. The molecule has 0 saturated heterocycles. The number of unbranched alkanes of at least 4 members (excludes halogenated alkanes) is 3. The minimum Gasteiger partial charge on any atom is -0.292 e. The second-order valence-corrected chi connectivity index (χ2v) is 3.77. The number of hydroxylamine groups is 1. The first-order valence-electron chi connectivity index (χ1n) is 5.39. The van der Waals surface area contributed by atoms with Crippen molar-refractivity contribution in [1.82, 2.24) is 5.48 Å². The van der Waals surface area contributed by atoms with Crippen molar-refractivity contribution in [2.24, 2.45) is 0 Å². The van der Waals surface area contributed by atoms with E-state index in [0.717, 1.165) is 25.7 Å². The zero-order valence-corrected chi connectivity index (χ0v) is 9.36. The van der Waals surface area contributed by atoms with Crippen molar-refractivity contribution < 1.29 is 18.0 Å². The standard InChI is InChI=1S/C10H20F3NO/c1-3-4-5-6-7-9(2)14-15-8-10(11,12)13/h9,14H,3-8H2,1-2H3. The molecule has 0 aliphatic heterocycles. The molecule has 5 heteroatoms. The van der Waals surface area contributed by atoms with Crippen molar-refractivity contribution in [2.75, 3.05) is 6.61 Å². The molecule has 0 aromatic rings. The summed E-state index contributed by atoms with van der Waals surface area (Å²) in [5.41, 5.74) is 2.40. The molecule has 0 fully saturated rings. The van der Waals surface area contributed by atoms with Gasteiger partial charge in [0, 0.05) is 6.04 Å². The summed E-state index contributed by atoms with van der Waals surface area (Å²) in [4.78, 5) is 4.34. The Labute approximate surface area is 89.1 Å². The molecule has 0 radical (unpaired) electrons. The molecule has 0 aliphatic rings. The van der Waals surface area contributed by atoms with Crippen molar-refractivity contribution in [3.8, 4) is 0 Å². The third-order valence-corrected chi connectivity index (χ3v) is 2.01. The minimum absolute atomic E-state index is 0.0239. The molecule has 0 aliphatic carbocycles. The molecule has 0 bridgehead atoms. The molecule has 92 valence electrons. The first-order chi connectivity index (χ1) is 6.95. The van der Waals surface area contributed by atoms with Crippen LogP contribution in [0.5, 0.6) is 0 Å². The van der Waals surface area contributed by atoms with Gasteiger partial charge in [0.2, 0.25) is 0 Å². The molecule has 1 N–H and O–H groups in total. The van der Waals surface area contributed by atoms with E-state index in [-0.39, 0.29) is 6.04 Å². The van der Waals surface area contributed by atoms with Crippen LogP contribution in [0.25, 0.3) is 0 Å². The molecule has 15 heavy (non-hydrogen) atoms. The molecule has 0 amide bonds. The van der Waals surface area contributed by atoms with E-state index in [1.807, 2.05) is 6.92 Å². The van der Waals surface area contributed by atoms with Crippen molar-refractivity contribution in [1.29, 1.82) is 0 Å². The molecule has 0 rings (SSSR count). The lowest BCUT2D eigenvalue weighted by Gasteiger charge is -2.14. The Hall–Kier alpha value is -0.290. The van der Waals surface area contributed by atoms with Crippen LogP contribution in [0.3, 0.4) is 0 Å². The molecule has 0 spiro atoms. The maximum absolute atomic E-state index is 11.7. The molecule has 1 atom stereocenters. The van der Waals surface area contributed by atoms with Crippen LogP contribution in [0.1, 0.15) is 46.0 Å². The van der Waals surface area contributed by atoms with Crippen LogP contribution >= 0.6 is 0 Å². The van der Waals surface area contributed by atoms with Crippen molar-refractivity contribution >= 4 is 0 Å². The maximum Gasteiger partial charge on any atom is 0.413 e. The lowest BCUT2D eigenvalue weighted by Crippen LogP contribution is -2.31. The van der Waals surface area contributed by atoms with Crippen LogP contribution in [-0.4, -0.2) is 18.8 Å². The van der Waals surface area contributed by atoms with E-state index >= 15 is 0 Å². The first kappa shape index (κ1) is 14.7. The SMILES string of the molecule is CCCCCCC(C)NOCC(F)(F)F. The molecule has 0 aromatic carbocycles. The van der Waals surface area contributed by atoms with Crippen LogP contribution in [0.2, 0.25) is 0 Å². The lowest BCUT2D eigenvalue weighted by atomic mass is 10.1. The summed E-state index contributed by atoms with van der Waals surface area (Å²) in [7, 11) is 0. The lowest BCUT2D eigenvalue weighted by molar-refractivity contribution is -0.192. The summed E-state index contributed by atoms with van der Waals surface area (Å²) in [5.74, 6) is 0. The van der Waals surface area contributed by atoms with Gasteiger partial charge in [0.15, 0.2) is 6.61 Å². The third-order valence-electron chi connectivity index (χ3n) is 2.01. The number of rotatable bonds is 8. The second kappa shape index (κ2) is 7.93. The molecular weight excluding hydrogens is 207 g/mol. The van der Waals surface area contributed by atoms with Crippen LogP contribution < -0.4 is 5.48 Å². The predicted molar refractivity (Wildman–Crippen MR) is 53.4 cm³/mol. The van der Waals surface area contributed by atoms with Gasteiger partial charge in [-0.25, -0.2) is 0 Å². The van der Waals surface area contributed by atoms with Gasteiger partial charge in [0.05, 0.1) is 0 Å². The molecule has 0 aromatic heterocycles. The number of hydrogen-bond acceptors (Lipinski definition) is 2. The zero-order chi connectivity index (χ0) is 11.7. The Morgan fingerprint density at radius 2 is 1.87 bits per heavy atom. The fourth-order valence-corrected chi connectivity index (χ4v) is 1.20. The summed E-state index contributed by atoms with van der Waals surface area (Å²) in [6, 6.07) is -0.0239. The molecular formula is C10H20F3NO. The highest BCUT2D eigenvalue weighted by molar-refractivity contribution is 4.55. The fraction of sp³-hybridized carbons (Fsp3) is 1.00. The summed E-state index contributed by atoms with van der Waals surface area (Å²) < 4.78 is 35.1. The van der Waals surface area contributed by atoms with Gasteiger partial charge in [-0.2, -0.15) is 18.7 Å². The molecule has 0 saturated carbocycles. The van der Waals surface area contributed by atoms with E-state index in [1.165, 1.54) is 6.42 Å². The largest absolute Gasteiger partial charge is 0.413 e. The smallest absolute Gasteiger partial charge is 0.292 e. The van der Waals surface area contributed by atoms with Gasteiger partial charge in [-0.15, -0.1) is 0 Å². The Bertz CT molecular complexity index is 150. The van der Waals surface area contributed by atoms with Crippen LogP contribution in [0.4, 0.5) is 13.2 Å². The monoisotopic (exact) mass is 227 g/mol. The topological polar surface area (TPSA) is 21.3 Å². The van der Waals surface area contributed by atoms with Gasteiger partial charge in [0.1, 0.15) is 0 Å². The van der Waals surface area contributed by atoms with E-state index in [1.54, 1.807) is 0 Å². The second-order valence-electron chi connectivity index (χ2n) is 3.77. The van der Waals surface area contributed by atoms with Gasteiger partial charge in [0.25, 0.3) is 0 Å². The average Bonchev–Trinajstić information content (AvgIpc) is 2.10. The summed E-state index contributed by atoms with van der Waals surface area (Å²) in [6.07, 6.45) is 1.08.